The normalized spacial score (nSPS) is 17.7. The van der Waals surface area contributed by atoms with Crippen LogP contribution in [0, 0.1) is 0 Å². The van der Waals surface area contributed by atoms with Gasteiger partial charge < -0.3 is 5.32 Å². The first-order valence-corrected chi connectivity index (χ1v) is 5.15. The number of fused-ring (bicyclic) bond motifs is 1. The van der Waals surface area contributed by atoms with Crippen molar-refractivity contribution in [2.75, 3.05) is 5.32 Å². The van der Waals surface area contributed by atoms with E-state index >= 15 is 0 Å². The Morgan fingerprint density at radius 1 is 1.21 bits per heavy atom. The van der Waals surface area contributed by atoms with E-state index in [-0.39, 0.29) is 11.3 Å². The maximum atomic E-state index is 12.1. The van der Waals surface area contributed by atoms with Crippen LogP contribution in [0.4, 0.5) is 5.69 Å². The Balaban J connectivity index is 2.47. The highest BCUT2D eigenvalue weighted by atomic mass is 16.1. The van der Waals surface area contributed by atoms with Crippen molar-refractivity contribution >= 4 is 11.5 Å². The SMILES string of the molecule is CCC1(CC)Nc2ccccc2C1=O. The summed E-state index contributed by atoms with van der Waals surface area (Å²) in [6.45, 7) is 4.11. The Labute approximate surface area is 84.3 Å². The molecule has 74 valence electrons. The summed E-state index contributed by atoms with van der Waals surface area (Å²) in [7, 11) is 0. The van der Waals surface area contributed by atoms with Crippen molar-refractivity contribution < 1.29 is 4.79 Å². The molecule has 1 aromatic carbocycles. The Kier molecular flexibility index (Phi) is 2.06. The molecular formula is C12H15NO. The summed E-state index contributed by atoms with van der Waals surface area (Å²) in [4.78, 5) is 12.1. The van der Waals surface area contributed by atoms with Crippen LogP contribution in [0.1, 0.15) is 37.0 Å². The third-order valence-electron chi connectivity index (χ3n) is 3.19. The smallest absolute Gasteiger partial charge is 0.190 e. The van der Waals surface area contributed by atoms with Gasteiger partial charge in [0.15, 0.2) is 5.78 Å². The van der Waals surface area contributed by atoms with Crippen LogP contribution in [-0.4, -0.2) is 11.3 Å². The fourth-order valence-corrected chi connectivity index (χ4v) is 2.11. The minimum atomic E-state index is -0.344. The number of ketones is 1. The van der Waals surface area contributed by atoms with Crippen molar-refractivity contribution in [1.29, 1.82) is 0 Å². The van der Waals surface area contributed by atoms with E-state index in [1.165, 1.54) is 0 Å². The largest absolute Gasteiger partial charge is 0.372 e. The van der Waals surface area contributed by atoms with Crippen LogP contribution in [0.15, 0.2) is 24.3 Å². The van der Waals surface area contributed by atoms with Crippen molar-refractivity contribution in [2.45, 2.75) is 32.2 Å². The van der Waals surface area contributed by atoms with Gasteiger partial charge in [0.05, 0.1) is 0 Å². The van der Waals surface area contributed by atoms with Crippen LogP contribution in [-0.2, 0) is 0 Å². The molecule has 0 amide bonds. The highest BCUT2D eigenvalue weighted by Crippen LogP contribution is 2.36. The second kappa shape index (κ2) is 3.12. The van der Waals surface area contributed by atoms with Crippen molar-refractivity contribution in [1.82, 2.24) is 0 Å². The summed E-state index contributed by atoms with van der Waals surface area (Å²) in [5.74, 6) is 0.248. The molecule has 0 saturated carbocycles. The molecule has 0 fully saturated rings. The molecule has 0 aliphatic carbocycles. The quantitative estimate of drug-likeness (QED) is 0.775. The van der Waals surface area contributed by atoms with Crippen molar-refractivity contribution in [3.8, 4) is 0 Å². The predicted octanol–water partition coefficient (Wildman–Crippen LogP) is 2.85. The Morgan fingerprint density at radius 3 is 2.43 bits per heavy atom. The monoisotopic (exact) mass is 189 g/mol. The lowest BCUT2D eigenvalue weighted by Crippen LogP contribution is -2.40. The summed E-state index contributed by atoms with van der Waals surface area (Å²) < 4.78 is 0. The van der Waals surface area contributed by atoms with Gasteiger partial charge in [0, 0.05) is 11.3 Å². The highest BCUT2D eigenvalue weighted by molar-refractivity contribution is 6.13. The molecule has 1 N–H and O–H groups in total. The van der Waals surface area contributed by atoms with Gasteiger partial charge in [-0.1, -0.05) is 26.0 Å². The number of nitrogens with one attached hydrogen (secondary N) is 1. The third-order valence-corrected chi connectivity index (χ3v) is 3.19. The van der Waals surface area contributed by atoms with E-state index < -0.39 is 0 Å². The summed E-state index contributed by atoms with van der Waals surface area (Å²) >= 11 is 0. The Bertz CT molecular complexity index is 366. The predicted molar refractivity (Wildman–Crippen MR) is 57.7 cm³/mol. The molecule has 0 bridgehead atoms. The average molecular weight is 189 g/mol. The second-order valence-electron chi connectivity index (χ2n) is 3.79. The third kappa shape index (κ3) is 1.07. The number of rotatable bonds is 2. The molecule has 0 radical (unpaired) electrons. The Morgan fingerprint density at radius 2 is 1.86 bits per heavy atom. The summed E-state index contributed by atoms with van der Waals surface area (Å²) in [6.07, 6.45) is 1.69. The zero-order valence-corrected chi connectivity index (χ0v) is 8.63. The molecule has 0 atom stereocenters. The summed E-state index contributed by atoms with van der Waals surface area (Å²) in [5, 5.41) is 3.35. The van der Waals surface area contributed by atoms with Gasteiger partial charge in [-0.25, -0.2) is 0 Å². The van der Waals surface area contributed by atoms with Crippen LogP contribution in [0.5, 0.6) is 0 Å². The maximum absolute atomic E-state index is 12.1. The number of benzene rings is 1. The van der Waals surface area contributed by atoms with Gasteiger partial charge in [-0.2, -0.15) is 0 Å². The minimum Gasteiger partial charge on any atom is -0.372 e. The number of Topliss-reactive ketones (excluding diaryl/α,β-unsaturated/α-hetero) is 1. The van der Waals surface area contributed by atoms with Gasteiger partial charge in [-0.3, -0.25) is 4.79 Å². The van der Waals surface area contributed by atoms with Crippen molar-refractivity contribution in [2.24, 2.45) is 0 Å². The van der Waals surface area contributed by atoms with Crippen molar-refractivity contribution in [3.63, 3.8) is 0 Å². The second-order valence-corrected chi connectivity index (χ2v) is 3.79. The molecule has 0 unspecified atom stereocenters. The summed E-state index contributed by atoms with van der Waals surface area (Å²) in [5.41, 5.74) is 1.49. The number of hydrogen-bond donors (Lipinski definition) is 1. The van der Waals surface area contributed by atoms with Gasteiger partial charge in [-0.05, 0) is 25.0 Å². The van der Waals surface area contributed by atoms with Crippen LogP contribution >= 0.6 is 0 Å². The van der Waals surface area contributed by atoms with E-state index in [4.69, 9.17) is 0 Å². The van der Waals surface area contributed by atoms with Gasteiger partial charge in [0.25, 0.3) is 0 Å². The fraction of sp³-hybridized carbons (Fsp3) is 0.417. The lowest BCUT2D eigenvalue weighted by molar-refractivity contribution is 0.0912. The van der Waals surface area contributed by atoms with Crippen molar-refractivity contribution in [3.05, 3.63) is 29.8 Å². The van der Waals surface area contributed by atoms with Crippen LogP contribution in [0.2, 0.25) is 0 Å². The number of carbonyl (C=O) groups excluding carboxylic acids is 1. The fourth-order valence-electron chi connectivity index (χ4n) is 2.11. The number of carbonyl (C=O) groups is 1. The first-order chi connectivity index (χ1) is 6.73. The zero-order chi connectivity index (χ0) is 10.2. The first-order valence-electron chi connectivity index (χ1n) is 5.15. The number of para-hydroxylation sites is 1. The van der Waals surface area contributed by atoms with Gasteiger partial charge >= 0.3 is 0 Å². The molecule has 0 spiro atoms. The highest BCUT2D eigenvalue weighted by Gasteiger charge is 2.41. The number of hydrogen-bond acceptors (Lipinski definition) is 2. The average Bonchev–Trinajstić information content (AvgIpc) is 2.53. The molecule has 0 saturated heterocycles. The topological polar surface area (TPSA) is 29.1 Å². The van der Waals surface area contributed by atoms with Gasteiger partial charge in [-0.15, -0.1) is 0 Å². The summed E-state index contributed by atoms with van der Waals surface area (Å²) in [6, 6.07) is 7.75. The standard InChI is InChI=1S/C12H15NO/c1-3-12(4-2)11(14)9-7-5-6-8-10(9)13-12/h5-8,13H,3-4H2,1-2H3. The molecule has 1 heterocycles. The Hall–Kier alpha value is -1.31. The molecule has 0 aromatic heterocycles. The molecule has 1 aromatic rings. The van der Waals surface area contributed by atoms with Crippen LogP contribution < -0.4 is 5.32 Å². The van der Waals surface area contributed by atoms with E-state index in [9.17, 15) is 4.79 Å². The van der Waals surface area contributed by atoms with E-state index in [1.807, 2.05) is 24.3 Å². The molecule has 2 nitrogen and oxygen atoms in total. The number of anilines is 1. The molecule has 14 heavy (non-hydrogen) atoms. The van der Waals surface area contributed by atoms with Gasteiger partial charge in [0.2, 0.25) is 0 Å². The lowest BCUT2D eigenvalue weighted by atomic mass is 9.88. The zero-order valence-electron chi connectivity index (χ0n) is 8.63. The minimum absolute atomic E-state index is 0.248. The molecule has 1 aliphatic heterocycles. The van der Waals surface area contributed by atoms with E-state index in [0.29, 0.717) is 0 Å². The first kappa shape index (κ1) is 9.25. The molecule has 2 heteroatoms. The molecule has 2 rings (SSSR count). The van der Waals surface area contributed by atoms with Crippen LogP contribution in [0.25, 0.3) is 0 Å². The molecule has 1 aliphatic rings. The van der Waals surface area contributed by atoms with Gasteiger partial charge in [0.1, 0.15) is 5.54 Å². The maximum Gasteiger partial charge on any atom is 0.190 e. The lowest BCUT2D eigenvalue weighted by Gasteiger charge is -2.25. The van der Waals surface area contributed by atoms with E-state index in [0.717, 1.165) is 24.1 Å². The van der Waals surface area contributed by atoms with E-state index in [2.05, 4.69) is 19.2 Å². The van der Waals surface area contributed by atoms with E-state index in [1.54, 1.807) is 0 Å². The molecular weight excluding hydrogens is 174 g/mol. The van der Waals surface area contributed by atoms with Crippen LogP contribution in [0.3, 0.4) is 0 Å².